The van der Waals surface area contributed by atoms with Crippen molar-refractivity contribution in [3.8, 4) is 0 Å². The molecule has 0 aromatic rings. The zero-order valence-electron chi connectivity index (χ0n) is 9.84. The fourth-order valence-corrected chi connectivity index (χ4v) is 1.21. The van der Waals surface area contributed by atoms with E-state index < -0.39 is 0 Å². The summed E-state index contributed by atoms with van der Waals surface area (Å²) in [6.45, 7) is 8.91. The van der Waals surface area contributed by atoms with E-state index in [-0.39, 0.29) is 17.9 Å². The normalized spacial score (nSPS) is 17.2. The maximum absolute atomic E-state index is 11.5. The van der Waals surface area contributed by atoms with Gasteiger partial charge in [-0.3, -0.25) is 4.79 Å². The standard InChI is InChI=1S/C11H24N2O/c1-5-9(3)10(4)13-11(14)6-8(2)7-12/h8-10H,5-7,12H2,1-4H3,(H,13,14). The van der Waals surface area contributed by atoms with E-state index in [0.717, 1.165) is 6.42 Å². The van der Waals surface area contributed by atoms with Crippen LogP contribution in [0.25, 0.3) is 0 Å². The Morgan fingerprint density at radius 3 is 2.36 bits per heavy atom. The van der Waals surface area contributed by atoms with Crippen LogP contribution in [0.5, 0.6) is 0 Å². The van der Waals surface area contributed by atoms with Crippen LogP contribution in [0.3, 0.4) is 0 Å². The molecule has 0 spiro atoms. The van der Waals surface area contributed by atoms with Gasteiger partial charge >= 0.3 is 0 Å². The zero-order valence-corrected chi connectivity index (χ0v) is 9.84. The first kappa shape index (κ1) is 13.4. The van der Waals surface area contributed by atoms with E-state index in [1.54, 1.807) is 0 Å². The van der Waals surface area contributed by atoms with Gasteiger partial charge in [0.2, 0.25) is 5.91 Å². The van der Waals surface area contributed by atoms with Crippen LogP contribution in [-0.2, 0) is 4.79 Å². The Hall–Kier alpha value is -0.570. The molecular weight excluding hydrogens is 176 g/mol. The number of carbonyl (C=O) groups excluding carboxylic acids is 1. The molecule has 0 radical (unpaired) electrons. The van der Waals surface area contributed by atoms with Crippen molar-refractivity contribution >= 4 is 5.91 Å². The number of rotatable bonds is 6. The van der Waals surface area contributed by atoms with Gasteiger partial charge in [0.05, 0.1) is 0 Å². The molecule has 3 unspecified atom stereocenters. The van der Waals surface area contributed by atoms with Crippen molar-refractivity contribution in [3.05, 3.63) is 0 Å². The van der Waals surface area contributed by atoms with E-state index in [1.807, 2.05) is 6.92 Å². The average Bonchev–Trinajstić information content (AvgIpc) is 2.15. The highest BCUT2D eigenvalue weighted by atomic mass is 16.1. The Bertz CT molecular complexity index is 171. The first-order valence-electron chi connectivity index (χ1n) is 5.50. The van der Waals surface area contributed by atoms with Crippen molar-refractivity contribution in [1.29, 1.82) is 0 Å². The lowest BCUT2D eigenvalue weighted by molar-refractivity contribution is -0.122. The molecule has 0 fully saturated rings. The van der Waals surface area contributed by atoms with Crippen molar-refractivity contribution in [2.45, 2.75) is 46.6 Å². The second-order valence-corrected chi connectivity index (χ2v) is 4.29. The molecule has 1 amide bonds. The van der Waals surface area contributed by atoms with Crippen molar-refractivity contribution in [2.75, 3.05) is 6.54 Å². The molecule has 3 heteroatoms. The molecule has 0 aliphatic rings. The Morgan fingerprint density at radius 1 is 1.36 bits per heavy atom. The second kappa shape index (κ2) is 6.82. The molecule has 0 bridgehead atoms. The van der Waals surface area contributed by atoms with Gasteiger partial charge in [0.15, 0.2) is 0 Å². The van der Waals surface area contributed by atoms with Crippen molar-refractivity contribution in [2.24, 2.45) is 17.6 Å². The van der Waals surface area contributed by atoms with Gasteiger partial charge in [-0.1, -0.05) is 27.2 Å². The third kappa shape index (κ3) is 5.22. The molecule has 0 aromatic heterocycles. The summed E-state index contributed by atoms with van der Waals surface area (Å²) < 4.78 is 0. The Labute approximate surface area is 87.4 Å². The molecule has 0 heterocycles. The molecule has 0 rings (SSSR count). The van der Waals surface area contributed by atoms with Crippen molar-refractivity contribution < 1.29 is 4.79 Å². The van der Waals surface area contributed by atoms with Crippen LogP contribution >= 0.6 is 0 Å². The fraction of sp³-hybridized carbons (Fsp3) is 0.909. The molecule has 3 N–H and O–H groups in total. The highest BCUT2D eigenvalue weighted by Gasteiger charge is 2.14. The van der Waals surface area contributed by atoms with Gasteiger partial charge in [-0.25, -0.2) is 0 Å². The van der Waals surface area contributed by atoms with E-state index in [4.69, 9.17) is 5.73 Å². The lowest BCUT2D eigenvalue weighted by Gasteiger charge is -2.20. The third-order valence-corrected chi connectivity index (χ3v) is 2.82. The van der Waals surface area contributed by atoms with Crippen LogP contribution in [0.2, 0.25) is 0 Å². The molecule has 3 atom stereocenters. The summed E-state index contributed by atoms with van der Waals surface area (Å²) >= 11 is 0. The Morgan fingerprint density at radius 2 is 1.93 bits per heavy atom. The summed E-state index contributed by atoms with van der Waals surface area (Å²) in [6, 6.07) is 0.262. The minimum Gasteiger partial charge on any atom is -0.353 e. The third-order valence-electron chi connectivity index (χ3n) is 2.82. The Balaban J connectivity index is 3.82. The minimum atomic E-state index is 0.121. The second-order valence-electron chi connectivity index (χ2n) is 4.29. The van der Waals surface area contributed by atoms with Gasteiger partial charge in [-0.05, 0) is 25.3 Å². The van der Waals surface area contributed by atoms with E-state index in [0.29, 0.717) is 18.9 Å². The first-order chi connectivity index (χ1) is 6.51. The number of carbonyl (C=O) groups is 1. The highest BCUT2D eigenvalue weighted by Crippen LogP contribution is 2.07. The van der Waals surface area contributed by atoms with Crippen molar-refractivity contribution in [1.82, 2.24) is 5.32 Å². The van der Waals surface area contributed by atoms with Crippen LogP contribution in [-0.4, -0.2) is 18.5 Å². The maximum atomic E-state index is 11.5. The van der Waals surface area contributed by atoms with Crippen LogP contribution < -0.4 is 11.1 Å². The lowest BCUT2D eigenvalue weighted by atomic mass is 10.00. The van der Waals surface area contributed by atoms with Gasteiger partial charge in [0.1, 0.15) is 0 Å². The monoisotopic (exact) mass is 200 g/mol. The predicted molar refractivity (Wildman–Crippen MR) is 59.9 cm³/mol. The predicted octanol–water partition coefficient (Wildman–Crippen LogP) is 1.52. The quantitative estimate of drug-likeness (QED) is 0.683. The highest BCUT2D eigenvalue weighted by molar-refractivity contribution is 5.76. The molecule has 14 heavy (non-hydrogen) atoms. The minimum absolute atomic E-state index is 0.121. The summed E-state index contributed by atoms with van der Waals surface area (Å²) in [7, 11) is 0. The summed E-state index contributed by atoms with van der Waals surface area (Å²) in [5.41, 5.74) is 5.46. The van der Waals surface area contributed by atoms with E-state index in [1.165, 1.54) is 0 Å². The van der Waals surface area contributed by atoms with Gasteiger partial charge in [-0.15, -0.1) is 0 Å². The molecule has 84 valence electrons. The van der Waals surface area contributed by atoms with Crippen LogP contribution in [0.15, 0.2) is 0 Å². The van der Waals surface area contributed by atoms with E-state index >= 15 is 0 Å². The molecule has 0 aliphatic carbocycles. The summed E-state index contributed by atoms with van der Waals surface area (Å²) in [4.78, 5) is 11.5. The summed E-state index contributed by atoms with van der Waals surface area (Å²) in [5.74, 6) is 0.932. The SMILES string of the molecule is CCC(C)C(C)NC(=O)CC(C)CN. The first-order valence-corrected chi connectivity index (χ1v) is 5.50. The van der Waals surface area contributed by atoms with Crippen LogP contribution in [0, 0.1) is 11.8 Å². The molecular formula is C11H24N2O. The average molecular weight is 200 g/mol. The number of nitrogens with one attached hydrogen (secondary N) is 1. The number of nitrogens with two attached hydrogens (primary N) is 1. The van der Waals surface area contributed by atoms with Crippen LogP contribution in [0.4, 0.5) is 0 Å². The smallest absolute Gasteiger partial charge is 0.220 e. The van der Waals surface area contributed by atoms with Gasteiger partial charge < -0.3 is 11.1 Å². The molecule has 0 aliphatic heterocycles. The molecule has 3 nitrogen and oxygen atoms in total. The molecule has 0 saturated carbocycles. The van der Waals surface area contributed by atoms with Crippen molar-refractivity contribution in [3.63, 3.8) is 0 Å². The zero-order chi connectivity index (χ0) is 11.1. The number of amides is 1. The number of hydrogen-bond donors (Lipinski definition) is 2. The van der Waals surface area contributed by atoms with E-state index in [2.05, 4.69) is 26.1 Å². The summed E-state index contributed by atoms with van der Waals surface area (Å²) in [5, 5.41) is 3.00. The fourth-order valence-electron chi connectivity index (χ4n) is 1.21. The number of hydrogen-bond acceptors (Lipinski definition) is 2. The summed E-state index contributed by atoms with van der Waals surface area (Å²) in [6.07, 6.45) is 1.63. The van der Waals surface area contributed by atoms with Gasteiger partial charge in [-0.2, -0.15) is 0 Å². The van der Waals surface area contributed by atoms with Crippen LogP contribution in [0.1, 0.15) is 40.5 Å². The largest absolute Gasteiger partial charge is 0.353 e. The molecule has 0 aromatic carbocycles. The lowest BCUT2D eigenvalue weighted by Crippen LogP contribution is -2.38. The maximum Gasteiger partial charge on any atom is 0.220 e. The molecule has 0 saturated heterocycles. The Kier molecular flexibility index (Phi) is 6.54. The van der Waals surface area contributed by atoms with Gasteiger partial charge in [0.25, 0.3) is 0 Å². The topological polar surface area (TPSA) is 55.1 Å². The van der Waals surface area contributed by atoms with E-state index in [9.17, 15) is 4.79 Å². The van der Waals surface area contributed by atoms with Gasteiger partial charge in [0, 0.05) is 12.5 Å².